The van der Waals surface area contributed by atoms with Crippen molar-refractivity contribution >= 4 is 11.9 Å². The Morgan fingerprint density at radius 2 is 1.14 bits per heavy atom. The van der Waals surface area contributed by atoms with Crippen LogP contribution in [0.4, 0.5) is 0 Å². The van der Waals surface area contributed by atoms with E-state index in [0.29, 0.717) is 12.1 Å². The number of methoxy groups -OCH3 is 2. The first-order valence-corrected chi connectivity index (χ1v) is 8.62. The van der Waals surface area contributed by atoms with Crippen LogP contribution in [0.25, 0.3) is 0 Å². The zero-order chi connectivity index (χ0) is 15.9. The molecule has 2 aliphatic carbocycles. The van der Waals surface area contributed by atoms with Gasteiger partial charge in [0.2, 0.25) is 6.04 Å². The Balaban J connectivity index is 2.25. The summed E-state index contributed by atoms with van der Waals surface area (Å²) in [5.41, 5.74) is 0. The van der Waals surface area contributed by atoms with Crippen molar-refractivity contribution in [2.45, 2.75) is 82.3 Å². The summed E-state index contributed by atoms with van der Waals surface area (Å²) >= 11 is 0. The minimum absolute atomic E-state index is 0.292. The van der Waals surface area contributed by atoms with E-state index in [1.54, 1.807) is 0 Å². The lowest BCUT2D eigenvalue weighted by Crippen LogP contribution is -2.57. The minimum atomic E-state index is -0.902. The molecule has 126 valence electrons. The van der Waals surface area contributed by atoms with Crippen molar-refractivity contribution in [1.82, 2.24) is 4.90 Å². The van der Waals surface area contributed by atoms with Crippen molar-refractivity contribution in [3.05, 3.63) is 0 Å². The summed E-state index contributed by atoms with van der Waals surface area (Å²) in [6, 6.07) is -0.318. The van der Waals surface area contributed by atoms with Crippen LogP contribution >= 0.6 is 0 Å². The molecule has 0 aliphatic heterocycles. The standard InChI is InChI=1S/C17H29NO4/c1-21-16(19)15(17(20)22-2)18(13-9-5-3-6-10-13)14-11-7-4-8-12-14/h13-15H,3-12H2,1-2H3. The van der Waals surface area contributed by atoms with Gasteiger partial charge in [-0.1, -0.05) is 38.5 Å². The van der Waals surface area contributed by atoms with Gasteiger partial charge in [0, 0.05) is 12.1 Å². The SMILES string of the molecule is COC(=O)C(C(=O)OC)N(C1CCCCC1)C1CCCCC1. The summed E-state index contributed by atoms with van der Waals surface area (Å²) in [5.74, 6) is -0.967. The molecule has 0 unspecified atom stereocenters. The summed E-state index contributed by atoms with van der Waals surface area (Å²) in [4.78, 5) is 26.7. The van der Waals surface area contributed by atoms with E-state index in [-0.39, 0.29) is 0 Å². The molecule has 0 heterocycles. The fourth-order valence-electron chi connectivity index (χ4n) is 4.04. The van der Waals surface area contributed by atoms with Crippen LogP contribution in [0.15, 0.2) is 0 Å². The molecule has 0 aromatic heterocycles. The second-order valence-corrected chi connectivity index (χ2v) is 6.48. The van der Waals surface area contributed by atoms with Crippen LogP contribution in [-0.4, -0.2) is 49.2 Å². The van der Waals surface area contributed by atoms with E-state index in [0.717, 1.165) is 25.7 Å². The van der Waals surface area contributed by atoms with Gasteiger partial charge in [0.1, 0.15) is 0 Å². The van der Waals surface area contributed by atoms with Crippen LogP contribution < -0.4 is 0 Å². The Morgan fingerprint density at radius 3 is 1.45 bits per heavy atom. The van der Waals surface area contributed by atoms with Crippen LogP contribution in [0, 0.1) is 0 Å². The number of carbonyl (C=O) groups is 2. The van der Waals surface area contributed by atoms with E-state index in [1.165, 1.54) is 52.7 Å². The topological polar surface area (TPSA) is 55.8 Å². The highest BCUT2D eigenvalue weighted by molar-refractivity contribution is 5.99. The monoisotopic (exact) mass is 311 g/mol. The van der Waals surface area contributed by atoms with E-state index < -0.39 is 18.0 Å². The zero-order valence-corrected chi connectivity index (χ0v) is 13.9. The number of hydrogen-bond donors (Lipinski definition) is 0. The minimum Gasteiger partial charge on any atom is -0.467 e. The molecular formula is C17H29NO4. The van der Waals surface area contributed by atoms with Crippen molar-refractivity contribution in [1.29, 1.82) is 0 Å². The molecule has 2 aliphatic rings. The molecule has 0 atom stereocenters. The van der Waals surface area contributed by atoms with Crippen molar-refractivity contribution < 1.29 is 19.1 Å². The van der Waals surface area contributed by atoms with Crippen molar-refractivity contribution in [3.63, 3.8) is 0 Å². The highest BCUT2D eigenvalue weighted by Gasteiger charge is 2.42. The molecule has 22 heavy (non-hydrogen) atoms. The highest BCUT2D eigenvalue weighted by atomic mass is 16.5. The Morgan fingerprint density at radius 1 is 0.773 bits per heavy atom. The molecule has 0 saturated heterocycles. The van der Waals surface area contributed by atoms with Crippen molar-refractivity contribution in [2.75, 3.05) is 14.2 Å². The zero-order valence-electron chi connectivity index (χ0n) is 13.9. The molecule has 2 saturated carbocycles. The average molecular weight is 311 g/mol. The average Bonchev–Trinajstić information content (AvgIpc) is 2.59. The smallest absolute Gasteiger partial charge is 0.334 e. The Hall–Kier alpha value is -1.10. The van der Waals surface area contributed by atoms with E-state index >= 15 is 0 Å². The van der Waals surface area contributed by atoms with Gasteiger partial charge in [-0.25, -0.2) is 9.59 Å². The number of ether oxygens (including phenoxy) is 2. The normalized spacial score (nSPS) is 21.1. The lowest BCUT2D eigenvalue weighted by atomic mass is 9.87. The molecule has 0 N–H and O–H groups in total. The van der Waals surface area contributed by atoms with Gasteiger partial charge in [-0.15, -0.1) is 0 Å². The summed E-state index contributed by atoms with van der Waals surface area (Å²) in [6.07, 6.45) is 11.4. The predicted molar refractivity (Wildman–Crippen MR) is 83.4 cm³/mol. The highest BCUT2D eigenvalue weighted by Crippen LogP contribution is 2.32. The Kier molecular flexibility index (Phi) is 6.68. The van der Waals surface area contributed by atoms with Gasteiger partial charge >= 0.3 is 11.9 Å². The van der Waals surface area contributed by atoms with Crippen LogP contribution in [0.5, 0.6) is 0 Å². The van der Waals surface area contributed by atoms with Gasteiger partial charge < -0.3 is 9.47 Å². The number of esters is 2. The van der Waals surface area contributed by atoms with E-state index in [1.807, 2.05) is 0 Å². The van der Waals surface area contributed by atoms with Crippen LogP contribution in [0.3, 0.4) is 0 Å². The molecule has 0 amide bonds. The molecule has 5 nitrogen and oxygen atoms in total. The number of nitrogens with zero attached hydrogens (tertiary/aromatic N) is 1. The van der Waals surface area contributed by atoms with Crippen LogP contribution in [-0.2, 0) is 19.1 Å². The van der Waals surface area contributed by atoms with E-state index in [4.69, 9.17) is 9.47 Å². The summed E-state index contributed by atoms with van der Waals surface area (Å²) in [7, 11) is 2.69. The number of carbonyl (C=O) groups excluding carboxylic acids is 2. The third kappa shape index (κ3) is 4.00. The van der Waals surface area contributed by atoms with Gasteiger partial charge in [-0.3, -0.25) is 4.90 Å². The summed E-state index contributed by atoms with van der Waals surface area (Å²) in [6.45, 7) is 0. The Bertz CT molecular complexity index is 339. The van der Waals surface area contributed by atoms with Crippen LogP contribution in [0.2, 0.25) is 0 Å². The van der Waals surface area contributed by atoms with E-state index in [2.05, 4.69) is 4.90 Å². The van der Waals surface area contributed by atoms with Crippen molar-refractivity contribution in [2.24, 2.45) is 0 Å². The van der Waals surface area contributed by atoms with Gasteiger partial charge in [-0.05, 0) is 25.7 Å². The number of rotatable bonds is 5. The van der Waals surface area contributed by atoms with Gasteiger partial charge in [-0.2, -0.15) is 0 Å². The van der Waals surface area contributed by atoms with Gasteiger partial charge in [0.05, 0.1) is 14.2 Å². The molecule has 0 spiro atoms. The maximum Gasteiger partial charge on any atom is 0.334 e. The summed E-state index contributed by atoms with van der Waals surface area (Å²) < 4.78 is 9.83. The van der Waals surface area contributed by atoms with Gasteiger partial charge in [0.25, 0.3) is 0 Å². The molecule has 5 heteroatoms. The molecule has 2 rings (SSSR count). The first kappa shape index (κ1) is 17.3. The predicted octanol–water partition coefficient (Wildman–Crippen LogP) is 2.67. The molecule has 0 aromatic rings. The first-order chi connectivity index (χ1) is 10.7. The van der Waals surface area contributed by atoms with Gasteiger partial charge in [0.15, 0.2) is 0 Å². The third-order valence-electron chi connectivity index (χ3n) is 5.14. The first-order valence-electron chi connectivity index (χ1n) is 8.62. The maximum atomic E-state index is 12.3. The lowest BCUT2D eigenvalue weighted by Gasteiger charge is -2.43. The van der Waals surface area contributed by atoms with Crippen molar-refractivity contribution in [3.8, 4) is 0 Å². The second kappa shape index (κ2) is 8.51. The fourth-order valence-corrected chi connectivity index (χ4v) is 4.04. The lowest BCUT2D eigenvalue weighted by molar-refractivity contribution is -0.165. The molecule has 0 radical (unpaired) electrons. The maximum absolute atomic E-state index is 12.3. The molecule has 0 aromatic carbocycles. The van der Waals surface area contributed by atoms with E-state index in [9.17, 15) is 9.59 Å². The molecular weight excluding hydrogens is 282 g/mol. The second-order valence-electron chi connectivity index (χ2n) is 6.48. The van der Waals surface area contributed by atoms with Crippen LogP contribution in [0.1, 0.15) is 64.2 Å². The molecule has 2 fully saturated rings. The largest absolute Gasteiger partial charge is 0.467 e. The fraction of sp³-hybridized carbons (Fsp3) is 0.882. The summed E-state index contributed by atoms with van der Waals surface area (Å²) in [5, 5.41) is 0. The number of hydrogen-bond acceptors (Lipinski definition) is 5. The third-order valence-corrected chi connectivity index (χ3v) is 5.14. The quantitative estimate of drug-likeness (QED) is 0.577. The molecule has 0 bridgehead atoms. The Labute approximate surface area is 133 Å².